The van der Waals surface area contributed by atoms with E-state index < -0.39 is 11.6 Å². The average molecular weight is 434 g/mol. The third kappa shape index (κ3) is 3.78. The van der Waals surface area contributed by atoms with Crippen LogP contribution >= 0.6 is 11.6 Å². The number of nitrogens with zero attached hydrogens (tertiary/aromatic N) is 5. The summed E-state index contributed by atoms with van der Waals surface area (Å²) < 4.78 is 33.5. The minimum absolute atomic E-state index is 0.0881. The topological polar surface area (TPSA) is 73.1 Å². The predicted molar refractivity (Wildman–Crippen MR) is 105 cm³/mol. The fourth-order valence-corrected chi connectivity index (χ4v) is 3.66. The molecule has 10 heteroatoms. The fourth-order valence-electron chi connectivity index (χ4n) is 3.53. The van der Waals surface area contributed by atoms with E-state index in [2.05, 4.69) is 15.1 Å². The molecule has 2 aromatic heterocycles. The second kappa shape index (κ2) is 8.08. The van der Waals surface area contributed by atoms with Gasteiger partial charge in [0, 0.05) is 26.3 Å². The molecule has 0 radical (unpaired) electrons. The van der Waals surface area contributed by atoms with Gasteiger partial charge >= 0.3 is 6.03 Å². The van der Waals surface area contributed by atoms with Gasteiger partial charge < -0.3 is 9.64 Å². The highest BCUT2D eigenvalue weighted by Gasteiger charge is 2.34. The summed E-state index contributed by atoms with van der Waals surface area (Å²) in [6.45, 7) is 2.21. The molecule has 0 aliphatic carbocycles. The van der Waals surface area contributed by atoms with Gasteiger partial charge in [-0.25, -0.2) is 23.5 Å². The van der Waals surface area contributed by atoms with E-state index >= 15 is 0 Å². The third-order valence-corrected chi connectivity index (χ3v) is 5.16. The number of aromatic nitrogens is 4. The number of hydrogen-bond donors (Lipinski definition) is 0. The molecule has 4 rings (SSSR count). The molecule has 1 aliphatic heterocycles. The van der Waals surface area contributed by atoms with E-state index in [1.807, 2.05) is 6.92 Å². The van der Waals surface area contributed by atoms with Gasteiger partial charge in [0.1, 0.15) is 5.69 Å². The van der Waals surface area contributed by atoms with E-state index in [0.717, 1.165) is 17.7 Å². The number of carbonyl (C=O) groups is 1. The minimum Gasteiger partial charge on any atom is -0.383 e. The molecule has 3 aromatic rings. The average Bonchev–Trinajstić information content (AvgIpc) is 3.14. The highest BCUT2D eigenvalue weighted by Crippen LogP contribution is 2.27. The van der Waals surface area contributed by atoms with Gasteiger partial charge in [0.2, 0.25) is 5.28 Å². The summed E-state index contributed by atoms with van der Waals surface area (Å²) in [4.78, 5) is 22.9. The van der Waals surface area contributed by atoms with Crippen molar-refractivity contribution in [2.75, 3.05) is 13.7 Å². The molecule has 30 heavy (non-hydrogen) atoms. The standard InChI is InChI=1S/C20H18ClF2N5O2/c1-11-8-24-19(21)25-18(11)17-7-13-6-14(10-30-2)27(20(29)28(13)26-17)9-12-3-4-15(22)16(23)5-12/h3-5,7-8,14H,6,9-10H2,1-2H3/t14-/m1/s1. The molecule has 7 nitrogen and oxygen atoms in total. The fraction of sp³-hybridized carbons (Fsp3) is 0.300. The zero-order chi connectivity index (χ0) is 21.4. The van der Waals surface area contributed by atoms with Crippen LogP contribution in [0.4, 0.5) is 13.6 Å². The first-order chi connectivity index (χ1) is 14.4. The Morgan fingerprint density at radius 3 is 2.80 bits per heavy atom. The number of fused-ring (bicyclic) bond motifs is 1. The maximum absolute atomic E-state index is 13.6. The maximum Gasteiger partial charge on any atom is 0.345 e. The van der Waals surface area contributed by atoms with Crippen LogP contribution in [0.15, 0.2) is 30.5 Å². The SMILES string of the molecule is COC[C@H]1Cc2cc(-c3nc(Cl)ncc3C)nn2C(=O)N1Cc1ccc(F)c(F)c1. The van der Waals surface area contributed by atoms with E-state index in [-0.39, 0.29) is 30.5 Å². The van der Waals surface area contributed by atoms with Gasteiger partial charge in [-0.1, -0.05) is 6.07 Å². The molecule has 1 atom stereocenters. The molecule has 3 heterocycles. The van der Waals surface area contributed by atoms with E-state index in [4.69, 9.17) is 16.3 Å². The second-order valence-corrected chi connectivity index (χ2v) is 7.41. The van der Waals surface area contributed by atoms with Crippen LogP contribution in [0.3, 0.4) is 0 Å². The van der Waals surface area contributed by atoms with Crippen LogP contribution in [-0.4, -0.2) is 50.4 Å². The molecular weight excluding hydrogens is 416 g/mol. The lowest BCUT2D eigenvalue weighted by Crippen LogP contribution is -2.50. The van der Waals surface area contributed by atoms with E-state index in [0.29, 0.717) is 29.1 Å². The van der Waals surface area contributed by atoms with Crippen molar-refractivity contribution in [3.05, 3.63) is 64.2 Å². The summed E-state index contributed by atoms with van der Waals surface area (Å²) in [5.41, 5.74) is 2.99. The van der Waals surface area contributed by atoms with Crippen LogP contribution in [-0.2, 0) is 17.7 Å². The molecular formula is C20H18ClF2N5O2. The lowest BCUT2D eigenvalue weighted by atomic mass is 10.1. The summed E-state index contributed by atoms with van der Waals surface area (Å²) in [7, 11) is 1.55. The zero-order valence-corrected chi connectivity index (χ0v) is 17.0. The molecule has 0 unspecified atom stereocenters. The smallest absolute Gasteiger partial charge is 0.345 e. The van der Waals surface area contributed by atoms with Gasteiger partial charge in [0.15, 0.2) is 11.6 Å². The summed E-state index contributed by atoms with van der Waals surface area (Å²) in [6.07, 6.45) is 2.07. The van der Waals surface area contributed by atoms with Gasteiger partial charge in [-0.05, 0) is 47.9 Å². The summed E-state index contributed by atoms with van der Waals surface area (Å²) in [5.74, 6) is -1.89. The summed E-state index contributed by atoms with van der Waals surface area (Å²) >= 11 is 5.92. The van der Waals surface area contributed by atoms with Crippen LogP contribution < -0.4 is 0 Å². The first-order valence-electron chi connectivity index (χ1n) is 9.19. The molecule has 0 spiro atoms. The molecule has 0 saturated heterocycles. The Morgan fingerprint density at radius 1 is 1.27 bits per heavy atom. The zero-order valence-electron chi connectivity index (χ0n) is 16.3. The van der Waals surface area contributed by atoms with Gasteiger partial charge in [0.05, 0.1) is 24.0 Å². The van der Waals surface area contributed by atoms with Gasteiger partial charge in [-0.15, -0.1) is 0 Å². The molecule has 1 aromatic carbocycles. The number of aryl methyl sites for hydroxylation is 1. The van der Waals surface area contributed by atoms with Crippen LogP contribution in [0.1, 0.15) is 16.8 Å². The second-order valence-electron chi connectivity index (χ2n) is 7.08. The lowest BCUT2D eigenvalue weighted by molar-refractivity contribution is 0.0895. The maximum atomic E-state index is 13.6. The number of rotatable bonds is 5. The molecule has 1 aliphatic rings. The number of ether oxygens (including phenoxy) is 1. The summed E-state index contributed by atoms with van der Waals surface area (Å²) in [6, 6.07) is 4.70. The normalized spacial score (nSPS) is 16.1. The number of carbonyl (C=O) groups excluding carboxylic acids is 1. The number of benzene rings is 1. The van der Waals surface area contributed by atoms with E-state index in [1.54, 1.807) is 24.3 Å². The minimum atomic E-state index is -0.960. The van der Waals surface area contributed by atoms with Crippen molar-refractivity contribution >= 4 is 17.6 Å². The van der Waals surface area contributed by atoms with Crippen molar-refractivity contribution in [1.29, 1.82) is 0 Å². The Labute approximate surface area is 176 Å². The Hall–Kier alpha value is -2.91. The Kier molecular flexibility index (Phi) is 5.48. The van der Waals surface area contributed by atoms with Crippen LogP contribution in [0, 0.1) is 18.6 Å². The van der Waals surface area contributed by atoms with Crippen molar-refractivity contribution in [2.24, 2.45) is 0 Å². The van der Waals surface area contributed by atoms with Gasteiger partial charge in [-0.2, -0.15) is 9.78 Å². The first-order valence-corrected chi connectivity index (χ1v) is 9.57. The third-order valence-electron chi connectivity index (χ3n) is 4.98. The van der Waals surface area contributed by atoms with Crippen molar-refractivity contribution < 1.29 is 18.3 Å². The predicted octanol–water partition coefficient (Wildman–Crippen LogP) is 3.62. The highest BCUT2D eigenvalue weighted by atomic mass is 35.5. The molecule has 156 valence electrons. The number of hydrogen-bond acceptors (Lipinski definition) is 5. The van der Waals surface area contributed by atoms with Crippen molar-refractivity contribution in [1.82, 2.24) is 24.6 Å². The quantitative estimate of drug-likeness (QED) is 0.574. The first kappa shape index (κ1) is 20.4. The Morgan fingerprint density at radius 2 is 2.07 bits per heavy atom. The highest BCUT2D eigenvalue weighted by molar-refractivity contribution is 6.28. The molecule has 0 saturated carbocycles. The molecule has 0 bridgehead atoms. The largest absolute Gasteiger partial charge is 0.383 e. The van der Waals surface area contributed by atoms with Crippen molar-refractivity contribution in [3.63, 3.8) is 0 Å². The monoisotopic (exact) mass is 433 g/mol. The Bertz CT molecular complexity index is 1120. The molecule has 0 N–H and O–H groups in total. The number of halogens is 3. The molecule has 1 amide bonds. The van der Waals surface area contributed by atoms with E-state index in [1.165, 1.54) is 10.7 Å². The number of amides is 1. The summed E-state index contributed by atoms with van der Waals surface area (Å²) in [5, 5.41) is 4.51. The molecule has 0 fully saturated rings. The van der Waals surface area contributed by atoms with E-state index in [9.17, 15) is 13.6 Å². The Balaban J connectivity index is 1.69. The van der Waals surface area contributed by atoms with Crippen LogP contribution in [0.5, 0.6) is 0 Å². The van der Waals surface area contributed by atoms with Crippen molar-refractivity contribution in [2.45, 2.75) is 25.9 Å². The van der Waals surface area contributed by atoms with Gasteiger partial charge in [0.25, 0.3) is 0 Å². The number of methoxy groups -OCH3 is 1. The van der Waals surface area contributed by atoms with Crippen molar-refractivity contribution in [3.8, 4) is 11.4 Å². The van der Waals surface area contributed by atoms with Gasteiger partial charge in [-0.3, -0.25) is 0 Å². The van der Waals surface area contributed by atoms with Crippen LogP contribution in [0.25, 0.3) is 11.4 Å². The van der Waals surface area contributed by atoms with Crippen LogP contribution in [0.2, 0.25) is 5.28 Å². The lowest BCUT2D eigenvalue weighted by Gasteiger charge is -2.35.